The van der Waals surface area contributed by atoms with Crippen LogP contribution in [-0.2, 0) is 0 Å². The van der Waals surface area contributed by atoms with Gasteiger partial charge in [-0.25, -0.2) is 0 Å². The molecule has 0 radical (unpaired) electrons. The lowest BCUT2D eigenvalue weighted by molar-refractivity contribution is -0.626. The van der Waals surface area contributed by atoms with Gasteiger partial charge in [-0.15, -0.1) is 0 Å². The van der Waals surface area contributed by atoms with Crippen LogP contribution in [0.15, 0.2) is 54.6 Å². The molecule has 0 bridgehead atoms. The van der Waals surface area contributed by atoms with E-state index in [-0.39, 0.29) is 12.4 Å². The number of nitrogens with two attached hydrogens (primary N) is 1. The van der Waals surface area contributed by atoms with Crippen LogP contribution in [0, 0.1) is 0 Å². The van der Waals surface area contributed by atoms with Gasteiger partial charge in [0.1, 0.15) is 0 Å². The van der Waals surface area contributed by atoms with Crippen molar-refractivity contribution in [3.05, 3.63) is 76.2 Å². The van der Waals surface area contributed by atoms with Crippen molar-refractivity contribution in [1.82, 2.24) is 0 Å². The molecule has 2 aromatic carbocycles. The molecule has 0 amide bonds. The van der Waals surface area contributed by atoms with Crippen LogP contribution < -0.4 is 28.2 Å². The molecular formula is C19H20ClN. The zero-order valence-corrected chi connectivity index (χ0v) is 13.0. The second kappa shape index (κ2) is 7.26. The molecule has 1 nitrogen and oxygen atoms in total. The molecule has 0 aliphatic heterocycles. The molecule has 21 heavy (non-hydrogen) atoms. The highest BCUT2D eigenvalue weighted by Gasteiger charge is 2.06. The fourth-order valence-electron chi connectivity index (χ4n) is 2.65. The minimum absolute atomic E-state index is 0. The Labute approximate surface area is 132 Å². The number of rotatable bonds is 3. The number of hydrogen-bond acceptors (Lipinski definition) is 0. The van der Waals surface area contributed by atoms with Gasteiger partial charge >= 0.3 is 0 Å². The maximum Gasteiger partial charge on any atom is 0.0788 e. The molecule has 0 saturated heterocycles. The third kappa shape index (κ3) is 3.44. The maximum absolute atomic E-state index is 2.36. The zero-order valence-electron chi connectivity index (χ0n) is 12.2. The van der Waals surface area contributed by atoms with Crippen molar-refractivity contribution in [2.24, 2.45) is 0 Å². The topological polar surface area (TPSA) is 16.6 Å². The molecule has 0 spiro atoms. The van der Waals surface area contributed by atoms with Gasteiger partial charge in [0.15, 0.2) is 0 Å². The van der Waals surface area contributed by atoms with Crippen LogP contribution in [0.1, 0.15) is 17.5 Å². The Morgan fingerprint density at radius 1 is 0.905 bits per heavy atom. The summed E-state index contributed by atoms with van der Waals surface area (Å²) in [6, 6.07) is 17.2. The normalized spacial score (nSPS) is 14.0. The average molecular weight is 298 g/mol. The van der Waals surface area contributed by atoms with Crippen molar-refractivity contribution < 1.29 is 17.7 Å². The minimum atomic E-state index is 0. The van der Waals surface area contributed by atoms with E-state index in [0.717, 1.165) is 13.0 Å². The Morgan fingerprint density at radius 3 is 2.33 bits per heavy atom. The average Bonchev–Trinajstić information content (AvgIpc) is 2.64. The monoisotopic (exact) mass is 297 g/mol. The number of benzene rings is 2. The Kier molecular flexibility index (Phi) is 5.38. The lowest BCUT2D eigenvalue weighted by Gasteiger charge is -2.06. The third-order valence-electron chi connectivity index (χ3n) is 3.71. The van der Waals surface area contributed by atoms with Crippen LogP contribution in [0.3, 0.4) is 0 Å². The number of fused-ring (bicyclic) bond motifs is 2. The first-order valence-corrected chi connectivity index (χ1v) is 7.24. The molecule has 1 aliphatic rings. The number of halogens is 1. The van der Waals surface area contributed by atoms with Crippen LogP contribution in [0.25, 0.3) is 17.7 Å². The molecule has 0 atom stereocenters. The predicted molar refractivity (Wildman–Crippen MR) is 85.5 cm³/mol. The Balaban J connectivity index is 0.00000161. The van der Waals surface area contributed by atoms with Crippen molar-refractivity contribution in [3.8, 4) is 0 Å². The SMILES string of the molecule is C[NH2+]CC/C=C1/C=c2ccccc2=Cc2ccccc21.[Cl-]. The summed E-state index contributed by atoms with van der Waals surface area (Å²) in [7, 11) is 2.12. The highest BCUT2D eigenvalue weighted by molar-refractivity contribution is 5.92. The molecule has 0 heterocycles. The van der Waals surface area contributed by atoms with Gasteiger partial charge in [-0.1, -0.05) is 54.6 Å². The summed E-state index contributed by atoms with van der Waals surface area (Å²) in [4.78, 5) is 0. The van der Waals surface area contributed by atoms with E-state index in [9.17, 15) is 0 Å². The van der Waals surface area contributed by atoms with Crippen LogP contribution in [0.4, 0.5) is 0 Å². The van der Waals surface area contributed by atoms with Crippen molar-refractivity contribution >= 4 is 17.7 Å². The maximum atomic E-state index is 2.36. The van der Waals surface area contributed by atoms with E-state index in [4.69, 9.17) is 0 Å². The first-order valence-electron chi connectivity index (χ1n) is 7.24. The molecule has 0 saturated carbocycles. The second-order valence-corrected chi connectivity index (χ2v) is 5.15. The summed E-state index contributed by atoms with van der Waals surface area (Å²) >= 11 is 0. The molecule has 2 aromatic rings. The molecule has 1 aliphatic carbocycles. The van der Waals surface area contributed by atoms with Crippen LogP contribution >= 0.6 is 0 Å². The van der Waals surface area contributed by atoms with Gasteiger partial charge in [0.2, 0.25) is 0 Å². The van der Waals surface area contributed by atoms with Crippen LogP contribution in [0.5, 0.6) is 0 Å². The van der Waals surface area contributed by atoms with E-state index in [2.05, 4.69) is 79.1 Å². The summed E-state index contributed by atoms with van der Waals surface area (Å²) in [5, 5.41) is 4.82. The van der Waals surface area contributed by atoms with Crippen LogP contribution in [-0.4, -0.2) is 13.6 Å². The molecule has 0 fully saturated rings. The molecular weight excluding hydrogens is 278 g/mol. The molecule has 3 rings (SSSR count). The van der Waals surface area contributed by atoms with Gasteiger partial charge in [0.05, 0.1) is 13.6 Å². The molecule has 2 heteroatoms. The quantitative estimate of drug-likeness (QED) is 0.649. The first kappa shape index (κ1) is 15.6. The van der Waals surface area contributed by atoms with Gasteiger partial charge in [-0.05, 0) is 39.3 Å². The highest BCUT2D eigenvalue weighted by Crippen LogP contribution is 2.22. The van der Waals surface area contributed by atoms with Gasteiger partial charge < -0.3 is 17.7 Å². The van der Waals surface area contributed by atoms with Gasteiger partial charge in [-0.3, -0.25) is 0 Å². The lowest BCUT2D eigenvalue weighted by atomic mass is 9.99. The Hall–Kier alpha value is -1.83. The summed E-state index contributed by atoms with van der Waals surface area (Å²) in [6.07, 6.45) is 8.05. The fraction of sp³-hybridized carbons (Fsp3) is 0.158. The van der Waals surface area contributed by atoms with Crippen molar-refractivity contribution in [2.45, 2.75) is 6.42 Å². The van der Waals surface area contributed by atoms with E-state index >= 15 is 0 Å². The van der Waals surface area contributed by atoms with E-state index in [0.29, 0.717) is 0 Å². The van der Waals surface area contributed by atoms with Gasteiger partial charge in [0.25, 0.3) is 0 Å². The van der Waals surface area contributed by atoms with Gasteiger partial charge in [0, 0.05) is 6.42 Å². The van der Waals surface area contributed by atoms with Crippen molar-refractivity contribution in [2.75, 3.05) is 13.6 Å². The highest BCUT2D eigenvalue weighted by atomic mass is 35.5. The molecule has 108 valence electrons. The largest absolute Gasteiger partial charge is 1.00 e. The lowest BCUT2D eigenvalue weighted by Crippen LogP contribution is -3.00. The van der Waals surface area contributed by atoms with E-state index < -0.39 is 0 Å². The van der Waals surface area contributed by atoms with E-state index in [1.54, 1.807) is 0 Å². The van der Waals surface area contributed by atoms with E-state index in [1.165, 1.54) is 27.1 Å². The van der Waals surface area contributed by atoms with E-state index in [1.807, 2.05) is 0 Å². The molecule has 0 aromatic heterocycles. The summed E-state index contributed by atoms with van der Waals surface area (Å²) in [6.45, 7) is 1.13. The summed E-state index contributed by atoms with van der Waals surface area (Å²) < 4.78 is 0. The van der Waals surface area contributed by atoms with Gasteiger partial charge in [-0.2, -0.15) is 0 Å². The predicted octanol–water partition coefficient (Wildman–Crippen LogP) is -1.72. The zero-order chi connectivity index (χ0) is 13.8. The minimum Gasteiger partial charge on any atom is -1.00 e. The Morgan fingerprint density at radius 2 is 1.57 bits per heavy atom. The molecule has 2 N–H and O–H groups in total. The Bertz CT molecular complexity index is 759. The second-order valence-electron chi connectivity index (χ2n) is 5.15. The first-order chi connectivity index (χ1) is 9.88. The molecule has 0 unspecified atom stereocenters. The van der Waals surface area contributed by atoms with Crippen LogP contribution in [0.2, 0.25) is 0 Å². The fourth-order valence-corrected chi connectivity index (χ4v) is 2.65. The summed E-state index contributed by atoms with van der Waals surface area (Å²) in [5.41, 5.74) is 3.98. The summed E-state index contributed by atoms with van der Waals surface area (Å²) in [5.74, 6) is 0. The van der Waals surface area contributed by atoms with Crippen molar-refractivity contribution in [3.63, 3.8) is 0 Å². The number of hydrogen-bond donors (Lipinski definition) is 1. The smallest absolute Gasteiger partial charge is 0.0788 e. The number of quaternary nitrogens is 1. The van der Waals surface area contributed by atoms with Crippen molar-refractivity contribution in [1.29, 1.82) is 0 Å². The standard InChI is InChI=1S/C19H19N.ClH/c1-20-12-6-10-18-14-16-8-3-2-7-15(16)13-17-9-4-5-11-19(17)18;/h2-5,7-11,13-14,20H,6,12H2,1H3;1H/b18-10-;. The third-order valence-corrected chi connectivity index (χ3v) is 3.71. The number of allylic oxidation sites excluding steroid dienone is 1.